The minimum atomic E-state index is -1.31. The van der Waals surface area contributed by atoms with Crippen molar-refractivity contribution in [2.75, 3.05) is 0 Å². The summed E-state index contributed by atoms with van der Waals surface area (Å²) in [5, 5.41) is 29.5. The third kappa shape index (κ3) is 2.31. The zero-order chi connectivity index (χ0) is 14.2. The molecule has 1 heterocycles. The standard InChI is InChI=1S/C15H17NO3S/c17-9-10-2-3-12-11(8-10)13(4-7-16-12)20-15(14(18)19)5-1-6-15/h2-4,7-8,14,17-19H,1,5-6,9H2. The van der Waals surface area contributed by atoms with Gasteiger partial charge in [0, 0.05) is 16.5 Å². The second-order valence-electron chi connectivity index (χ2n) is 5.21. The van der Waals surface area contributed by atoms with Crippen molar-refractivity contribution in [3.8, 4) is 0 Å². The Morgan fingerprint density at radius 1 is 1.25 bits per heavy atom. The van der Waals surface area contributed by atoms with E-state index in [1.165, 1.54) is 11.8 Å². The molecule has 1 aliphatic carbocycles. The van der Waals surface area contributed by atoms with Gasteiger partial charge in [0.2, 0.25) is 0 Å². The molecular formula is C15H17NO3S. The number of aliphatic hydroxyl groups excluding tert-OH is 2. The third-order valence-electron chi connectivity index (χ3n) is 3.93. The van der Waals surface area contributed by atoms with E-state index in [1.54, 1.807) is 6.20 Å². The van der Waals surface area contributed by atoms with Crippen LogP contribution in [0.25, 0.3) is 10.9 Å². The van der Waals surface area contributed by atoms with Crippen LogP contribution in [0.4, 0.5) is 0 Å². The van der Waals surface area contributed by atoms with E-state index in [2.05, 4.69) is 4.98 Å². The van der Waals surface area contributed by atoms with Crippen LogP contribution in [0, 0.1) is 0 Å². The van der Waals surface area contributed by atoms with Crippen LogP contribution in [0.15, 0.2) is 35.4 Å². The number of benzene rings is 1. The Bertz CT molecular complexity index is 626. The van der Waals surface area contributed by atoms with Gasteiger partial charge in [-0.05, 0) is 36.6 Å². The van der Waals surface area contributed by atoms with Crippen molar-refractivity contribution < 1.29 is 15.3 Å². The quantitative estimate of drug-likeness (QED) is 0.752. The van der Waals surface area contributed by atoms with Crippen molar-refractivity contribution >= 4 is 22.7 Å². The Morgan fingerprint density at radius 3 is 2.65 bits per heavy atom. The average Bonchev–Trinajstić information content (AvgIpc) is 2.42. The fraction of sp³-hybridized carbons (Fsp3) is 0.400. The van der Waals surface area contributed by atoms with Crippen LogP contribution < -0.4 is 0 Å². The largest absolute Gasteiger partial charge is 0.392 e. The van der Waals surface area contributed by atoms with Gasteiger partial charge in [0.05, 0.1) is 16.9 Å². The number of pyridine rings is 1. The lowest BCUT2D eigenvalue weighted by atomic mass is 9.84. The van der Waals surface area contributed by atoms with Gasteiger partial charge in [-0.25, -0.2) is 0 Å². The van der Waals surface area contributed by atoms with Gasteiger partial charge in [0.25, 0.3) is 0 Å². The summed E-state index contributed by atoms with van der Waals surface area (Å²) < 4.78 is -0.497. The minimum absolute atomic E-state index is 0.0112. The monoisotopic (exact) mass is 291 g/mol. The maximum Gasteiger partial charge on any atom is 0.166 e. The predicted octanol–water partition coefficient (Wildman–Crippen LogP) is 2.05. The molecule has 1 aliphatic rings. The molecule has 3 N–H and O–H groups in total. The van der Waals surface area contributed by atoms with Crippen molar-refractivity contribution in [3.05, 3.63) is 36.0 Å². The summed E-state index contributed by atoms with van der Waals surface area (Å²) in [6, 6.07) is 7.55. The highest BCUT2D eigenvalue weighted by Gasteiger charge is 2.44. The molecule has 5 heteroatoms. The highest BCUT2D eigenvalue weighted by atomic mass is 32.2. The molecule has 0 atom stereocenters. The van der Waals surface area contributed by atoms with Crippen molar-refractivity contribution in [1.29, 1.82) is 0 Å². The lowest BCUT2D eigenvalue weighted by Gasteiger charge is -2.42. The first-order chi connectivity index (χ1) is 9.64. The molecule has 0 radical (unpaired) electrons. The van der Waals surface area contributed by atoms with E-state index >= 15 is 0 Å². The molecule has 106 valence electrons. The fourth-order valence-electron chi connectivity index (χ4n) is 2.51. The van der Waals surface area contributed by atoms with Gasteiger partial charge in [0.15, 0.2) is 6.29 Å². The summed E-state index contributed by atoms with van der Waals surface area (Å²) in [4.78, 5) is 5.30. The molecular weight excluding hydrogens is 274 g/mol. The first-order valence-electron chi connectivity index (χ1n) is 6.68. The maximum absolute atomic E-state index is 9.64. The molecule has 4 nitrogen and oxygen atoms in total. The fourth-order valence-corrected chi connectivity index (χ4v) is 3.95. The molecule has 0 amide bonds. The van der Waals surface area contributed by atoms with E-state index in [9.17, 15) is 15.3 Å². The number of hydrogen-bond donors (Lipinski definition) is 3. The van der Waals surface area contributed by atoms with E-state index in [0.29, 0.717) is 0 Å². The molecule has 0 spiro atoms. The van der Waals surface area contributed by atoms with Gasteiger partial charge < -0.3 is 15.3 Å². The van der Waals surface area contributed by atoms with E-state index in [0.717, 1.165) is 40.6 Å². The highest BCUT2D eigenvalue weighted by Crippen LogP contribution is 2.50. The highest BCUT2D eigenvalue weighted by molar-refractivity contribution is 8.01. The molecule has 1 saturated carbocycles. The Morgan fingerprint density at radius 2 is 2.05 bits per heavy atom. The van der Waals surface area contributed by atoms with Gasteiger partial charge in [-0.3, -0.25) is 4.98 Å². The Labute approximate surface area is 121 Å². The first-order valence-corrected chi connectivity index (χ1v) is 7.50. The van der Waals surface area contributed by atoms with E-state index < -0.39 is 11.0 Å². The van der Waals surface area contributed by atoms with Crippen LogP contribution in [0.5, 0.6) is 0 Å². The van der Waals surface area contributed by atoms with Crippen molar-refractivity contribution in [2.24, 2.45) is 0 Å². The van der Waals surface area contributed by atoms with E-state index in [4.69, 9.17) is 0 Å². The summed E-state index contributed by atoms with van der Waals surface area (Å²) in [7, 11) is 0. The minimum Gasteiger partial charge on any atom is -0.392 e. The van der Waals surface area contributed by atoms with Crippen LogP contribution >= 0.6 is 11.8 Å². The summed E-state index contributed by atoms with van der Waals surface area (Å²) in [6.45, 7) is -0.0112. The Balaban J connectivity index is 2.02. The summed E-state index contributed by atoms with van der Waals surface area (Å²) >= 11 is 1.51. The van der Waals surface area contributed by atoms with Crippen LogP contribution in [-0.4, -0.2) is 31.3 Å². The molecule has 0 saturated heterocycles. The van der Waals surface area contributed by atoms with Gasteiger partial charge in [-0.1, -0.05) is 12.5 Å². The van der Waals surface area contributed by atoms with Gasteiger partial charge in [-0.15, -0.1) is 11.8 Å². The van der Waals surface area contributed by atoms with Crippen molar-refractivity contribution in [1.82, 2.24) is 4.98 Å². The molecule has 3 rings (SSSR count). The zero-order valence-corrected chi connectivity index (χ0v) is 11.8. The number of fused-ring (bicyclic) bond motifs is 1. The topological polar surface area (TPSA) is 73.6 Å². The normalized spacial score (nSPS) is 17.4. The zero-order valence-electron chi connectivity index (χ0n) is 11.0. The maximum atomic E-state index is 9.64. The number of aliphatic hydroxyl groups is 3. The number of aromatic nitrogens is 1. The van der Waals surface area contributed by atoms with Crippen LogP contribution in [0.1, 0.15) is 24.8 Å². The van der Waals surface area contributed by atoms with Crippen molar-refractivity contribution in [2.45, 2.75) is 41.8 Å². The molecule has 0 unspecified atom stereocenters. The van der Waals surface area contributed by atoms with E-state index in [1.807, 2.05) is 24.3 Å². The van der Waals surface area contributed by atoms with Gasteiger partial charge >= 0.3 is 0 Å². The third-order valence-corrected chi connectivity index (χ3v) is 5.53. The summed E-state index contributed by atoms with van der Waals surface area (Å²) in [5.41, 5.74) is 1.69. The van der Waals surface area contributed by atoms with Crippen LogP contribution in [0.3, 0.4) is 0 Å². The lowest BCUT2D eigenvalue weighted by Crippen LogP contribution is -2.45. The number of thioether (sulfide) groups is 1. The molecule has 0 aliphatic heterocycles. The Hall–Kier alpha value is -1.14. The summed E-state index contributed by atoms with van der Waals surface area (Å²) in [6.07, 6.45) is 3.05. The lowest BCUT2D eigenvalue weighted by molar-refractivity contribution is -0.0885. The smallest absolute Gasteiger partial charge is 0.166 e. The van der Waals surface area contributed by atoms with E-state index in [-0.39, 0.29) is 6.61 Å². The summed E-state index contributed by atoms with van der Waals surface area (Å²) in [5.74, 6) is 0. The molecule has 1 aromatic carbocycles. The predicted molar refractivity (Wildman–Crippen MR) is 78.3 cm³/mol. The second-order valence-corrected chi connectivity index (χ2v) is 6.67. The Kier molecular flexibility index (Phi) is 3.69. The van der Waals surface area contributed by atoms with Gasteiger partial charge in [0.1, 0.15) is 0 Å². The molecule has 1 fully saturated rings. The number of rotatable bonds is 4. The number of nitrogens with zero attached hydrogens (tertiary/aromatic N) is 1. The van der Waals surface area contributed by atoms with Gasteiger partial charge in [-0.2, -0.15) is 0 Å². The van der Waals surface area contributed by atoms with Crippen molar-refractivity contribution in [3.63, 3.8) is 0 Å². The molecule has 20 heavy (non-hydrogen) atoms. The second kappa shape index (κ2) is 5.33. The number of hydrogen-bond acceptors (Lipinski definition) is 5. The molecule has 2 aromatic rings. The first kappa shape index (κ1) is 13.8. The molecule has 1 aromatic heterocycles. The van der Waals surface area contributed by atoms with Crippen LogP contribution in [-0.2, 0) is 6.61 Å². The average molecular weight is 291 g/mol. The molecule has 0 bridgehead atoms. The SMILES string of the molecule is OCc1ccc2nccc(SC3(C(O)O)CCC3)c2c1. The van der Waals surface area contributed by atoms with Crippen LogP contribution in [0.2, 0.25) is 0 Å².